The molecule has 0 aliphatic rings. The van der Waals surface area contributed by atoms with Crippen LogP contribution >= 0.6 is 11.3 Å². The molecular formula is C19H21N3OS. The monoisotopic (exact) mass is 339 g/mol. The highest BCUT2D eigenvalue weighted by Crippen LogP contribution is 2.26. The number of aryl methyl sites for hydroxylation is 2. The Balaban J connectivity index is 1.78. The van der Waals surface area contributed by atoms with Gasteiger partial charge in [-0.3, -0.25) is 4.79 Å². The van der Waals surface area contributed by atoms with Crippen LogP contribution in [-0.2, 0) is 5.41 Å². The van der Waals surface area contributed by atoms with Crippen LogP contribution in [0.25, 0.3) is 11.0 Å². The van der Waals surface area contributed by atoms with Crippen molar-refractivity contribution in [2.45, 2.75) is 33.1 Å². The van der Waals surface area contributed by atoms with Crippen LogP contribution in [0.4, 0.5) is 0 Å². The van der Waals surface area contributed by atoms with Crippen molar-refractivity contribution in [1.29, 1.82) is 0 Å². The minimum Gasteiger partial charge on any atom is -0.351 e. The average Bonchev–Trinajstić information content (AvgIpc) is 3.09. The number of hydrogen-bond acceptors (Lipinski definition) is 4. The van der Waals surface area contributed by atoms with Gasteiger partial charge in [-0.15, -0.1) is 11.3 Å². The van der Waals surface area contributed by atoms with Gasteiger partial charge in [0.1, 0.15) is 0 Å². The first-order valence-electron chi connectivity index (χ1n) is 7.94. The van der Waals surface area contributed by atoms with Crippen LogP contribution in [0.15, 0.2) is 35.7 Å². The molecule has 0 atom stereocenters. The van der Waals surface area contributed by atoms with Crippen LogP contribution < -0.4 is 5.32 Å². The third kappa shape index (κ3) is 3.31. The summed E-state index contributed by atoms with van der Waals surface area (Å²) in [7, 11) is 0. The second kappa shape index (κ2) is 6.32. The van der Waals surface area contributed by atoms with Crippen LogP contribution in [0, 0.1) is 13.8 Å². The number of rotatable bonds is 4. The minimum absolute atomic E-state index is 0.0819. The van der Waals surface area contributed by atoms with E-state index in [9.17, 15) is 4.79 Å². The van der Waals surface area contributed by atoms with E-state index in [0.29, 0.717) is 12.1 Å². The number of nitrogens with one attached hydrogen (secondary N) is 1. The zero-order valence-electron chi connectivity index (χ0n) is 14.4. The van der Waals surface area contributed by atoms with Crippen LogP contribution in [0.2, 0.25) is 0 Å². The predicted molar refractivity (Wildman–Crippen MR) is 98.7 cm³/mol. The van der Waals surface area contributed by atoms with Crippen molar-refractivity contribution in [2.75, 3.05) is 6.54 Å². The molecule has 124 valence electrons. The van der Waals surface area contributed by atoms with Gasteiger partial charge in [-0.1, -0.05) is 19.9 Å². The van der Waals surface area contributed by atoms with E-state index in [1.807, 2.05) is 32.0 Å². The number of carbonyl (C=O) groups excluding carboxylic acids is 1. The minimum atomic E-state index is -0.0891. The van der Waals surface area contributed by atoms with Crippen LogP contribution in [0.3, 0.4) is 0 Å². The van der Waals surface area contributed by atoms with Gasteiger partial charge in [0.15, 0.2) is 0 Å². The first-order valence-corrected chi connectivity index (χ1v) is 8.82. The van der Waals surface area contributed by atoms with E-state index < -0.39 is 0 Å². The number of amides is 1. The molecule has 3 rings (SSSR count). The van der Waals surface area contributed by atoms with Crippen molar-refractivity contribution in [3.63, 3.8) is 0 Å². The number of benzene rings is 1. The molecular weight excluding hydrogens is 318 g/mol. The second-order valence-corrected chi connectivity index (χ2v) is 7.59. The fourth-order valence-electron chi connectivity index (χ4n) is 2.53. The lowest BCUT2D eigenvalue weighted by Crippen LogP contribution is -2.36. The smallest absolute Gasteiger partial charge is 0.251 e. The Morgan fingerprint density at radius 1 is 1.12 bits per heavy atom. The summed E-state index contributed by atoms with van der Waals surface area (Å²) in [5.41, 5.74) is 3.89. The number of thiophene rings is 1. The normalized spacial score (nSPS) is 11.7. The molecule has 0 saturated heterocycles. The summed E-state index contributed by atoms with van der Waals surface area (Å²) in [6, 6.07) is 9.61. The highest BCUT2D eigenvalue weighted by atomic mass is 32.1. The third-order valence-corrected chi connectivity index (χ3v) is 5.45. The molecule has 5 heteroatoms. The summed E-state index contributed by atoms with van der Waals surface area (Å²) >= 11 is 1.71. The number of nitrogens with zero attached hydrogens (tertiary/aromatic N) is 2. The first kappa shape index (κ1) is 16.6. The van der Waals surface area contributed by atoms with Gasteiger partial charge in [-0.25, -0.2) is 9.97 Å². The molecule has 2 heterocycles. The number of hydrogen-bond donors (Lipinski definition) is 1. The molecule has 0 unspecified atom stereocenters. The summed E-state index contributed by atoms with van der Waals surface area (Å²) < 4.78 is 0. The lowest BCUT2D eigenvalue weighted by Gasteiger charge is -2.23. The third-order valence-electron chi connectivity index (χ3n) is 4.22. The Hall–Kier alpha value is -2.27. The average molecular weight is 339 g/mol. The van der Waals surface area contributed by atoms with Gasteiger partial charge in [-0.05, 0) is 43.5 Å². The number of aromatic nitrogens is 2. The Bertz CT molecular complexity index is 885. The van der Waals surface area contributed by atoms with Crippen molar-refractivity contribution in [3.8, 4) is 0 Å². The van der Waals surface area contributed by atoms with Gasteiger partial charge in [0.05, 0.1) is 22.4 Å². The molecule has 1 N–H and O–H groups in total. The largest absolute Gasteiger partial charge is 0.351 e. The summed E-state index contributed by atoms with van der Waals surface area (Å²) in [5, 5.41) is 5.10. The zero-order valence-corrected chi connectivity index (χ0v) is 15.2. The molecule has 0 fully saturated rings. The summed E-state index contributed by atoms with van der Waals surface area (Å²) in [4.78, 5) is 22.8. The molecule has 0 spiro atoms. The second-order valence-electron chi connectivity index (χ2n) is 6.64. The molecule has 4 nitrogen and oxygen atoms in total. The van der Waals surface area contributed by atoms with Gasteiger partial charge in [0, 0.05) is 22.4 Å². The molecule has 0 aliphatic heterocycles. The lowest BCUT2D eigenvalue weighted by molar-refractivity contribution is 0.0946. The SMILES string of the molecule is Cc1nc2ccc(C(=O)NCC(C)(C)c3cccs3)cc2nc1C. The highest BCUT2D eigenvalue weighted by Gasteiger charge is 2.22. The lowest BCUT2D eigenvalue weighted by atomic mass is 9.91. The van der Waals surface area contributed by atoms with Crippen molar-refractivity contribution in [3.05, 3.63) is 57.5 Å². The van der Waals surface area contributed by atoms with Crippen LogP contribution in [-0.4, -0.2) is 22.4 Å². The maximum Gasteiger partial charge on any atom is 0.251 e. The first-order chi connectivity index (χ1) is 11.4. The van der Waals surface area contributed by atoms with Gasteiger partial charge < -0.3 is 5.32 Å². The summed E-state index contributed by atoms with van der Waals surface area (Å²) in [6.45, 7) is 8.73. The van der Waals surface area contributed by atoms with E-state index in [4.69, 9.17) is 0 Å². The Labute approximate surface area is 146 Å². The zero-order chi connectivity index (χ0) is 17.3. The van der Waals surface area contributed by atoms with Crippen molar-refractivity contribution < 1.29 is 4.79 Å². The van der Waals surface area contributed by atoms with E-state index in [-0.39, 0.29) is 11.3 Å². The maximum absolute atomic E-state index is 12.5. The van der Waals surface area contributed by atoms with E-state index >= 15 is 0 Å². The maximum atomic E-state index is 12.5. The molecule has 1 amide bonds. The quantitative estimate of drug-likeness (QED) is 0.781. The highest BCUT2D eigenvalue weighted by molar-refractivity contribution is 7.10. The van der Waals surface area contributed by atoms with Crippen LogP contribution in [0.5, 0.6) is 0 Å². The van der Waals surface area contributed by atoms with Crippen molar-refractivity contribution >= 4 is 28.3 Å². The number of carbonyl (C=O) groups is 1. The Morgan fingerprint density at radius 3 is 2.50 bits per heavy atom. The topological polar surface area (TPSA) is 54.9 Å². The summed E-state index contributed by atoms with van der Waals surface area (Å²) in [5.74, 6) is -0.0819. The molecule has 0 aliphatic carbocycles. The summed E-state index contributed by atoms with van der Waals surface area (Å²) in [6.07, 6.45) is 0. The molecule has 0 saturated carbocycles. The van der Waals surface area contributed by atoms with E-state index in [2.05, 4.69) is 40.6 Å². The number of fused-ring (bicyclic) bond motifs is 1. The Kier molecular flexibility index (Phi) is 4.37. The molecule has 2 aromatic heterocycles. The van der Waals surface area contributed by atoms with E-state index in [0.717, 1.165) is 22.4 Å². The van der Waals surface area contributed by atoms with Crippen molar-refractivity contribution in [2.24, 2.45) is 0 Å². The van der Waals surface area contributed by atoms with Crippen LogP contribution in [0.1, 0.15) is 40.5 Å². The van der Waals surface area contributed by atoms with Gasteiger partial charge in [-0.2, -0.15) is 0 Å². The van der Waals surface area contributed by atoms with Crippen molar-refractivity contribution in [1.82, 2.24) is 15.3 Å². The van der Waals surface area contributed by atoms with E-state index in [1.54, 1.807) is 17.4 Å². The molecule has 1 aromatic carbocycles. The standard InChI is InChI=1S/C19H21N3OS/c1-12-13(2)22-16-10-14(7-8-15(16)21-12)18(23)20-11-19(3,4)17-6-5-9-24-17/h5-10H,11H2,1-4H3,(H,20,23). The Morgan fingerprint density at radius 2 is 1.83 bits per heavy atom. The fraction of sp³-hybridized carbons (Fsp3) is 0.316. The molecule has 3 aromatic rings. The van der Waals surface area contributed by atoms with Gasteiger partial charge >= 0.3 is 0 Å². The van der Waals surface area contributed by atoms with Gasteiger partial charge in [0.25, 0.3) is 5.91 Å². The van der Waals surface area contributed by atoms with Gasteiger partial charge in [0.2, 0.25) is 0 Å². The van der Waals surface area contributed by atoms with E-state index in [1.165, 1.54) is 4.88 Å². The fourth-order valence-corrected chi connectivity index (χ4v) is 3.38. The molecule has 0 bridgehead atoms. The molecule has 24 heavy (non-hydrogen) atoms. The molecule has 0 radical (unpaired) electrons. The predicted octanol–water partition coefficient (Wildman–Crippen LogP) is 4.02.